The summed E-state index contributed by atoms with van der Waals surface area (Å²) in [5, 5.41) is 10.7. The lowest BCUT2D eigenvalue weighted by Crippen LogP contribution is -2.53. The molecule has 3 aliphatic heterocycles. The highest BCUT2D eigenvalue weighted by Gasteiger charge is 2.60. The van der Waals surface area contributed by atoms with E-state index >= 15 is 0 Å². The first kappa shape index (κ1) is 28.8. The molecular formula is C29H44O7. The Hall–Kier alpha value is -1.80. The SMILES string of the molecule is CC(=O)O[C@@H](C)/C=C\C(=O)C[C@@H]1C[C@H](C)[C@H](C/C=C(C)/C=C/C2OC(C)(C)C[C@@]3(CO3)[C@@H]2O)O[C@@H]1C. The zero-order valence-corrected chi connectivity index (χ0v) is 22.9. The predicted octanol–water partition coefficient (Wildman–Crippen LogP) is 4.47. The minimum Gasteiger partial charge on any atom is -0.459 e. The van der Waals surface area contributed by atoms with Crippen molar-refractivity contribution in [3.8, 4) is 0 Å². The van der Waals surface area contributed by atoms with E-state index in [0.717, 1.165) is 18.4 Å². The fourth-order valence-corrected chi connectivity index (χ4v) is 5.48. The molecule has 0 aromatic rings. The summed E-state index contributed by atoms with van der Waals surface area (Å²) in [7, 11) is 0. The highest BCUT2D eigenvalue weighted by Crippen LogP contribution is 2.46. The number of carbonyl (C=O) groups excluding carboxylic acids is 2. The summed E-state index contributed by atoms with van der Waals surface area (Å²) < 4.78 is 23.1. The molecule has 202 valence electrons. The second kappa shape index (κ2) is 11.7. The van der Waals surface area contributed by atoms with Gasteiger partial charge >= 0.3 is 5.97 Å². The fourth-order valence-electron chi connectivity index (χ4n) is 5.48. The number of esters is 1. The number of hydrogen-bond donors (Lipinski definition) is 1. The van der Waals surface area contributed by atoms with E-state index in [1.54, 1.807) is 13.0 Å². The number of aliphatic hydroxyl groups excluding tert-OH is 1. The molecule has 3 saturated heterocycles. The Morgan fingerprint density at radius 2 is 1.89 bits per heavy atom. The molecule has 0 aromatic heterocycles. The van der Waals surface area contributed by atoms with E-state index in [9.17, 15) is 14.7 Å². The van der Waals surface area contributed by atoms with Crippen molar-refractivity contribution in [3.05, 3.63) is 36.0 Å². The largest absolute Gasteiger partial charge is 0.459 e. The summed E-state index contributed by atoms with van der Waals surface area (Å²) in [5.74, 6) is 0.146. The lowest BCUT2D eigenvalue weighted by Gasteiger charge is -2.41. The molecule has 7 nitrogen and oxygen atoms in total. The normalized spacial score (nSPS) is 37.4. The van der Waals surface area contributed by atoms with Crippen molar-refractivity contribution in [2.75, 3.05) is 6.61 Å². The van der Waals surface area contributed by atoms with Crippen LogP contribution in [0.4, 0.5) is 0 Å². The number of ether oxygens (including phenoxy) is 4. The van der Waals surface area contributed by atoms with Gasteiger partial charge < -0.3 is 24.1 Å². The molecule has 0 aromatic carbocycles. The number of ketones is 1. The lowest BCUT2D eigenvalue weighted by molar-refractivity contribution is -0.171. The molecule has 0 bridgehead atoms. The topological polar surface area (TPSA) is 94.6 Å². The molecule has 36 heavy (non-hydrogen) atoms. The van der Waals surface area contributed by atoms with E-state index in [1.807, 2.05) is 39.8 Å². The molecule has 0 amide bonds. The molecule has 0 aliphatic carbocycles. The molecule has 8 atom stereocenters. The average molecular weight is 505 g/mol. The molecular weight excluding hydrogens is 460 g/mol. The van der Waals surface area contributed by atoms with Gasteiger partial charge in [-0.1, -0.05) is 30.7 Å². The van der Waals surface area contributed by atoms with Crippen LogP contribution in [-0.4, -0.2) is 65.2 Å². The second-order valence-corrected chi connectivity index (χ2v) is 11.6. The maximum absolute atomic E-state index is 12.4. The van der Waals surface area contributed by atoms with Crippen molar-refractivity contribution in [2.45, 2.75) is 116 Å². The monoisotopic (exact) mass is 504 g/mol. The first-order valence-corrected chi connectivity index (χ1v) is 13.2. The summed E-state index contributed by atoms with van der Waals surface area (Å²) in [5.41, 5.74) is 0.301. The van der Waals surface area contributed by atoms with Crippen LogP contribution in [0.15, 0.2) is 36.0 Å². The van der Waals surface area contributed by atoms with Crippen LogP contribution in [0.25, 0.3) is 0 Å². The van der Waals surface area contributed by atoms with Gasteiger partial charge in [-0.05, 0) is 71.4 Å². The molecule has 0 saturated carbocycles. The number of carbonyl (C=O) groups is 2. The standard InChI is InChI=1S/C29H44O7/c1-18(9-13-26-27(32)29(17-33-29)16-28(6,7)36-26)8-12-25-19(2)14-23(21(4)35-25)15-24(31)11-10-20(3)34-22(5)30/h8-11,13,19-21,23,25-27,32H,12,14-17H2,1-7H3/b11-10-,13-9+,18-8+/t19-,20-,21+,23-,25-,26?,27+,29+/m0/s1. The predicted molar refractivity (Wildman–Crippen MR) is 137 cm³/mol. The molecule has 3 heterocycles. The average Bonchev–Trinajstić information content (AvgIpc) is 3.54. The summed E-state index contributed by atoms with van der Waals surface area (Å²) in [6, 6.07) is 0. The van der Waals surface area contributed by atoms with E-state index in [2.05, 4.69) is 13.0 Å². The summed E-state index contributed by atoms with van der Waals surface area (Å²) in [6.45, 7) is 14.0. The Bertz CT molecular complexity index is 882. The number of hydrogen-bond acceptors (Lipinski definition) is 7. The van der Waals surface area contributed by atoms with Crippen LogP contribution in [0.1, 0.15) is 74.1 Å². The summed E-state index contributed by atoms with van der Waals surface area (Å²) in [4.78, 5) is 23.4. The van der Waals surface area contributed by atoms with Crippen molar-refractivity contribution in [2.24, 2.45) is 11.8 Å². The van der Waals surface area contributed by atoms with E-state index in [4.69, 9.17) is 18.9 Å². The van der Waals surface area contributed by atoms with Crippen molar-refractivity contribution in [3.63, 3.8) is 0 Å². The van der Waals surface area contributed by atoms with Gasteiger partial charge in [-0.25, -0.2) is 0 Å². The highest BCUT2D eigenvalue weighted by atomic mass is 16.6. The third kappa shape index (κ3) is 7.85. The fraction of sp³-hybridized carbons (Fsp3) is 0.724. The number of allylic oxidation sites excluding steroid dienone is 3. The quantitative estimate of drug-likeness (QED) is 0.214. The minimum absolute atomic E-state index is 0.0126. The Morgan fingerprint density at radius 3 is 2.53 bits per heavy atom. The molecule has 3 aliphatic rings. The van der Waals surface area contributed by atoms with Crippen LogP contribution in [-0.2, 0) is 28.5 Å². The number of rotatable bonds is 9. The van der Waals surface area contributed by atoms with Crippen LogP contribution >= 0.6 is 0 Å². The Kier molecular flexibility index (Phi) is 9.36. The minimum atomic E-state index is -0.656. The molecule has 1 N–H and O–H groups in total. The van der Waals surface area contributed by atoms with Gasteiger partial charge in [-0.15, -0.1) is 0 Å². The molecule has 3 fully saturated rings. The van der Waals surface area contributed by atoms with Crippen molar-refractivity contribution in [1.82, 2.24) is 0 Å². The van der Waals surface area contributed by atoms with Crippen LogP contribution in [0, 0.1) is 11.8 Å². The Morgan fingerprint density at radius 1 is 1.19 bits per heavy atom. The third-order valence-electron chi connectivity index (χ3n) is 7.50. The van der Waals surface area contributed by atoms with Gasteiger partial charge in [0.1, 0.15) is 23.9 Å². The van der Waals surface area contributed by atoms with Crippen LogP contribution in [0.3, 0.4) is 0 Å². The number of aliphatic hydroxyl groups is 1. The van der Waals surface area contributed by atoms with Gasteiger partial charge in [0.05, 0.1) is 24.4 Å². The maximum Gasteiger partial charge on any atom is 0.303 e. The third-order valence-corrected chi connectivity index (χ3v) is 7.50. The summed E-state index contributed by atoms with van der Waals surface area (Å²) in [6.07, 6.45) is 10.7. The van der Waals surface area contributed by atoms with Crippen molar-refractivity contribution >= 4 is 11.8 Å². The van der Waals surface area contributed by atoms with Gasteiger partial charge in [0.25, 0.3) is 0 Å². The first-order chi connectivity index (χ1) is 16.8. The molecule has 3 rings (SSSR count). The van der Waals surface area contributed by atoms with Crippen LogP contribution in [0.5, 0.6) is 0 Å². The second-order valence-electron chi connectivity index (χ2n) is 11.6. The van der Waals surface area contributed by atoms with E-state index in [1.165, 1.54) is 13.0 Å². The zero-order chi connectivity index (χ0) is 26.7. The van der Waals surface area contributed by atoms with Crippen LogP contribution in [0.2, 0.25) is 0 Å². The smallest absolute Gasteiger partial charge is 0.303 e. The first-order valence-electron chi connectivity index (χ1n) is 13.2. The van der Waals surface area contributed by atoms with Gasteiger partial charge in [0.2, 0.25) is 0 Å². The van der Waals surface area contributed by atoms with Crippen molar-refractivity contribution < 1.29 is 33.6 Å². The van der Waals surface area contributed by atoms with E-state index in [0.29, 0.717) is 25.4 Å². The van der Waals surface area contributed by atoms with Gasteiger partial charge in [-0.3, -0.25) is 9.59 Å². The van der Waals surface area contributed by atoms with Crippen molar-refractivity contribution in [1.29, 1.82) is 0 Å². The van der Waals surface area contributed by atoms with Gasteiger partial charge in [-0.2, -0.15) is 0 Å². The molecule has 1 unspecified atom stereocenters. The van der Waals surface area contributed by atoms with Crippen LogP contribution < -0.4 is 0 Å². The van der Waals surface area contributed by atoms with Gasteiger partial charge in [0.15, 0.2) is 5.78 Å². The van der Waals surface area contributed by atoms with Gasteiger partial charge in [0, 0.05) is 19.8 Å². The Labute approximate surface area is 215 Å². The summed E-state index contributed by atoms with van der Waals surface area (Å²) >= 11 is 0. The molecule has 7 heteroatoms. The number of epoxide rings is 1. The molecule has 1 spiro atoms. The molecule has 0 radical (unpaired) electrons. The lowest BCUT2D eigenvalue weighted by atomic mass is 9.81. The maximum atomic E-state index is 12.4. The highest BCUT2D eigenvalue weighted by molar-refractivity contribution is 5.89. The zero-order valence-electron chi connectivity index (χ0n) is 22.9. The Balaban J connectivity index is 1.49. The van der Waals surface area contributed by atoms with E-state index < -0.39 is 23.9 Å². The van der Waals surface area contributed by atoms with E-state index in [-0.39, 0.29) is 35.5 Å².